The van der Waals surface area contributed by atoms with E-state index in [9.17, 15) is 4.79 Å². The number of pyridine rings is 1. The molecule has 0 fully saturated rings. The summed E-state index contributed by atoms with van der Waals surface area (Å²) in [6.07, 6.45) is 0.0836. The Balaban J connectivity index is 2.76. The van der Waals surface area contributed by atoms with Gasteiger partial charge in [-0.1, -0.05) is 11.8 Å². The number of methoxy groups -OCH3 is 1. The molecule has 4 nitrogen and oxygen atoms in total. The first kappa shape index (κ1) is 11.1. The van der Waals surface area contributed by atoms with Crippen molar-refractivity contribution in [2.24, 2.45) is 0 Å². The zero-order chi connectivity index (χ0) is 11.3. The molecule has 0 saturated carbocycles. The Hall–Kier alpha value is -2.02. The van der Waals surface area contributed by atoms with Crippen molar-refractivity contribution in [2.45, 2.75) is 13.3 Å². The van der Waals surface area contributed by atoms with Gasteiger partial charge in [-0.05, 0) is 19.1 Å². The van der Waals surface area contributed by atoms with Gasteiger partial charge in [-0.2, -0.15) is 0 Å². The molecule has 0 spiro atoms. The van der Waals surface area contributed by atoms with Crippen LogP contribution < -0.4 is 5.73 Å². The van der Waals surface area contributed by atoms with Gasteiger partial charge in [0.15, 0.2) is 0 Å². The molecule has 0 radical (unpaired) electrons. The molecule has 0 unspecified atom stereocenters. The van der Waals surface area contributed by atoms with Gasteiger partial charge < -0.3 is 10.5 Å². The lowest BCUT2D eigenvalue weighted by Gasteiger charge is -1.97. The molecular formula is C11H12N2O2. The molecular weight excluding hydrogens is 192 g/mol. The molecule has 15 heavy (non-hydrogen) atoms. The number of rotatable bonds is 1. The molecule has 4 heteroatoms. The van der Waals surface area contributed by atoms with Crippen molar-refractivity contribution in [1.29, 1.82) is 0 Å². The largest absolute Gasteiger partial charge is 0.468 e. The number of aryl methyl sites for hydroxylation is 1. The Kier molecular flexibility index (Phi) is 3.69. The van der Waals surface area contributed by atoms with Crippen molar-refractivity contribution in [3.63, 3.8) is 0 Å². The Labute approximate surface area is 88.5 Å². The SMILES string of the molecule is COC(=O)CC#Cc1ccc(N)nc1C. The van der Waals surface area contributed by atoms with Gasteiger partial charge in [-0.25, -0.2) is 4.98 Å². The second-order valence-electron chi connectivity index (χ2n) is 2.92. The summed E-state index contributed by atoms with van der Waals surface area (Å²) in [5, 5.41) is 0. The summed E-state index contributed by atoms with van der Waals surface area (Å²) >= 11 is 0. The maximum absolute atomic E-state index is 10.8. The second-order valence-corrected chi connectivity index (χ2v) is 2.92. The number of carbonyl (C=O) groups is 1. The van der Waals surface area contributed by atoms with Crippen LogP contribution in [0.1, 0.15) is 17.7 Å². The molecule has 2 N–H and O–H groups in total. The first-order chi connectivity index (χ1) is 7.13. The van der Waals surface area contributed by atoms with Crippen LogP contribution in [-0.4, -0.2) is 18.1 Å². The van der Waals surface area contributed by atoms with Crippen LogP contribution >= 0.6 is 0 Å². The molecule has 0 aliphatic rings. The second kappa shape index (κ2) is 5.01. The lowest BCUT2D eigenvalue weighted by molar-refractivity contribution is -0.139. The molecule has 1 rings (SSSR count). The quantitative estimate of drug-likeness (QED) is 0.545. The summed E-state index contributed by atoms with van der Waals surface area (Å²) in [6, 6.07) is 3.46. The molecule has 1 aromatic rings. The van der Waals surface area contributed by atoms with Crippen LogP contribution in [0.4, 0.5) is 5.82 Å². The van der Waals surface area contributed by atoms with Crippen molar-refractivity contribution in [2.75, 3.05) is 12.8 Å². The topological polar surface area (TPSA) is 65.2 Å². The molecule has 0 aromatic carbocycles. The molecule has 78 valence electrons. The average molecular weight is 204 g/mol. The molecule has 0 aliphatic carbocycles. The fraction of sp³-hybridized carbons (Fsp3) is 0.273. The van der Waals surface area contributed by atoms with Crippen molar-refractivity contribution in [3.05, 3.63) is 23.4 Å². The van der Waals surface area contributed by atoms with Gasteiger partial charge in [0.2, 0.25) is 0 Å². The van der Waals surface area contributed by atoms with Crippen LogP contribution in [0.25, 0.3) is 0 Å². The third-order valence-corrected chi connectivity index (χ3v) is 1.79. The van der Waals surface area contributed by atoms with Gasteiger partial charge in [0.1, 0.15) is 12.2 Å². The molecule has 0 saturated heterocycles. The van der Waals surface area contributed by atoms with Gasteiger partial charge in [0.05, 0.1) is 12.8 Å². The third kappa shape index (κ3) is 3.31. The first-order valence-corrected chi connectivity index (χ1v) is 4.42. The van der Waals surface area contributed by atoms with E-state index in [1.54, 1.807) is 12.1 Å². The Morgan fingerprint density at radius 1 is 1.60 bits per heavy atom. The third-order valence-electron chi connectivity index (χ3n) is 1.79. The minimum absolute atomic E-state index is 0.0836. The maximum atomic E-state index is 10.8. The van der Waals surface area contributed by atoms with Crippen molar-refractivity contribution in [1.82, 2.24) is 4.98 Å². The fourth-order valence-corrected chi connectivity index (χ4v) is 0.996. The van der Waals surface area contributed by atoms with Gasteiger partial charge in [0.25, 0.3) is 0 Å². The van der Waals surface area contributed by atoms with E-state index >= 15 is 0 Å². The number of carbonyl (C=O) groups excluding carboxylic acids is 1. The van der Waals surface area contributed by atoms with Crippen molar-refractivity contribution < 1.29 is 9.53 Å². The van der Waals surface area contributed by atoms with E-state index in [0.717, 1.165) is 11.3 Å². The normalized spacial score (nSPS) is 8.93. The van der Waals surface area contributed by atoms with Crippen molar-refractivity contribution >= 4 is 11.8 Å². The van der Waals surface area contributed by atoms with E-state index in [1.165, 1.54) is 7.11 Å². The fourth-order valence-electron chi connectivity index (χ4n) is 0.996. The lowest BCUT2D eigenvalue weighted by Crippen LogP contribution is -1.97. The minimum Gasteiger partial charge on any atom is -0.468 e. The number of esters is 1. The number of nitrogens with zero attached hydrogens (tertiary/aromatic N) is 1. The molecule has 1 aromatic heterocycles. The summed E-state index contributed by atoms with van der Waals surface area (Å²) in [5.74, 6) is 5.66. The Morgan fingerprint density at radius 3 is 2.93 bits per heavy atom. The highest BCUT2D eigenvalue weighted by atomic mass is 16.5. The zero-order valence-electron chi connectivity index (χ0n) is 8.70. The summed E-state index contributed by atoms with van der Waals surface area (Å²) in [5.41, 5.74) is 7.02. The zero-order valence-corrected chi connectivity index (χ0v) is 8.70. The number of anilines is 1. The van der Waals surface area contributed by atoms with Gasteiger partial charge in [0, 0.05) is 5.56 Å². The predicted octanol–water partition coefficient (Wildman–Crippen LogP) is 0.887. The summed E-state index contributed by atoms with van der Waals surface area (Å²) in [7, 11) is 1.33. The number of nitrogen functional groups attached to an aromatic ring is 1. The van der Waals surface area contributed by atoms with E-state index in [0.29, 0.717) is 5.82 Å². The van der Waals surface area contributed by atoms with Crippen LogP contribution in [0.5, 0.6) is 0 Å². The van der Waals surface area contributed by atoms with E-state index in [2.05, 4.69) is 21.6 Å². The number of aromatic nitrogens is 1. The summed E-state index contributed by atoms with van der Waals surface area (Å²) in [4.78, 5) is 14.8. The van der Waals surface area contributed by atoms with Crippen LogP contribution in [0, 0.1) is 18.8 Å². The smallest absolute Gasteiger partial charge is 0.317 e. The number of hydrogen-bond donors (Lipinski definition) is 1. The van der Waals surface area contributed by atoms with E-state index in [1.807, 2.05) is 6.92 Å². The van der Waals surface area contributed by atoms with Gasteiger partial charge in [-0.3, -0.25) is 4.79 Å². The minimum atomic E-state index is -0.344. The molecule has 0 atom stereocenters. The number of ether oxygens (including phenoxy) is 1. The lowest BCUT2D eigenvalue weighted by atomic mass is 10.2. The monoisotopic (exact) mass is 204 g/mol. The van der Waals surface area contributed by atoms with Crippen LogP contribution in [0.2, 0.25) is 0 Å². The van der Waals surface area contributed by atoms with Crippen molar-refractivity contribution in [3.8, 4) is 11.8 Å². The first-order valence-electron chi connectivity index (χ1n) is 4.42. The number of hydrogen-bond acceptors (Lipinski definition) is 4. The standard InChI is InChI=1S/C11H12N2O2/c1-8-9(6-7-10(12)13-8)4-3-5-11(14)15-2/h6-7H,5H2,1-2H3,(H2,12,13). The van der Waals surface area contributed by atoms with Crippen LogP contribution in [-0.2, 0) is 9.53 Å². The van der Waals surface area contributed by atoms with E-state index in [4.69, 9.17) is 5.73 Å². The Morgan fingerprint density at radius 2 is 2.33 bits per heavy atom. The van der Waals surface area contributed by atoms with E-state index in [-0.39, 0.29) is 12.4 Å². The van der Waals surface area contributed by atoms with Gasteiger partial charge >= 0.3 is 5.97 Å². The average Bonchev–Trinajstić information content (AvgIpc) is 2.21. The highest BCUT2D eigenvalue weighted by Gasteiger charge is 1.97. The highest BCUT2D eigenvalue weighted by Crippen LogP contribution is 2.06. The van der Waals surface area contributed by atoms with Crippen LogP contribution in [0.15, 0.2) is 12.1 Å². The van der Waals surface area contributed by atoms with Gasteiger partial charge in [-0.15, -0.1) is 0 Å². The Bertz CT molecular complexity index is 430. The molecule has 0 aliphatic heterocycles. The maximum Gasteiger partial charge on any atom is 0.317 e. The summed E-state index contributed by atoms with van der Waals surface area (Å²) in [6.45, 7) is 1.82. The molecule has 0 bridgehead atoms. The van der Waals surface area contributed by atoms with E-state index < -0.39 is 0 Å². The van der Waals surface area contributed by atoms with Crippen LogP contribution in [0.3, 0.4) is 0 Å². The number of nitrogens with two attached hydrogens (primary N) is 1. The molecule has 1 heterocycles. The predicted molar refractivity (Wildman–Crippen MR) is 56.9 cm³/mol. The summed E-state index contributed by atoms with van der Waals surface area (Å²) < 4.78 is 4.46. The highest BCUT2D eigenvalue weighted by molar-refractivity contribution is 5.72. The molecule has 0 amide bonds.